The van der Waals surface area contributed by atoms with E-state index in [2.05, 4.69) is 18.7 Å². The maximum Gasteiger partial charge on any atom is 0.451 e. The molecule has 0 aromatic rings. The molecule has 1 heterocycles. The fourth-order valence-electron chi connectivity index (χ4n) is 3.47. The van der Waals surface area contributed by atoms with Crippen LogP contribution in [-0.2, 0) is 4.79 Å². The molecule has 1 aliphatic heterocycles. The highest BCUT2D eigenvalue weighted by molar-refractivity contribution is 6.40. The average Bonchev–Trinajstić information content (AvgIpc) is 2.87. The van der Waals surface area contributed by atoms with Gasteiger partial charge in [0.05, 0.1) is 5.92 Å². The van der Waals surface area contributed by atoms with Crippen LogP contribution in [-0.4, -0.2) is 52.8 Å². The van der Waals surface area contributed by atoms with Crippen molar-refractivity contribution in [2.24, 2.45) is 23.5 Å². The second-order valence-corrected chi connectivity index (χ2v) is 6.74. The van der Waals surface area contributed by atoms with Crippen LogP contribution in [0.1, 0.15) is 39.5 Å². The zero-order valence-electron chi connectivity index (χ0n) is 14.3. The number of carboxylic acids is 1. The normalized spacial score (nSPS) is 23.9. The first-order chi connectivity index (χ1) is 10.9. The molecule has 0 saturated carbocycles. The molecule has 0 aromatic heterocycles. The van der Waals surface area contributed by atoms with Crippen molar-refractivity contribution in [3.8, 4) is 0 Å². The zero-order valence-corrected chi connectivity index (χ0v) is 14.3. The van der Waals surface area contributed by atoms with E-state index < -0.39 is 13.1 Å². The zero-order chi connectivity index (χ0) is 17.4. The van der Waals surface area contributed by atoms with Crippen LogP contribution in [0.4, 0.5) is 0 Å². The molecule has 3 unspecified atom stereocenters. The third-order valence-electron chi connectivity index (χ3n) is 4.85. The van der Waals surface area contributed by atoms with Crippen molar-refractivity contribution in [3.05, 3.63) is 11.8 Å². The molecule has 0 bridgehead atoms. The molecule has 6 nitrogen and oxygen atoms in total. The molecular weight excluding hydrogens is 295 g/mol. The third kappa shape index (κ3) is 6.53. The van der Waals surface area contributed by atoms with Gasteiger partial charge < -0.3 is 20.9 Å². The van der Waals surface area contributed by atoms with Crippen molar-refractivity contribution >= 4 is 13.1 Å². The Morgan fingerprint density at radius 1 is 1.43 bits per heavy atom. The van der Waals surface area contributed by atoms with Crippen molar-refractivity contribution < 1.29 is 19.9 Å². The van der Waals surface area contributed by atoms with Crippen LogP contribution >= 0.6 is 0 Å². The van der Waals surface area contributed by atoms with E-state index in [9.17, 15) is 9.90 Å². The van der Waals surface area contributed by atoms with Gasteiger partial charge >= 0.3 is 13.1 Å². The molecule has 5 N–H and O–H groups in total. The molecule has 1 rings (SSSR count). The van der Waals surface area contributed by atoms with E-state index in [0.29, 0.717) is 31.6 Å². The van der Waals surface area contributed by atoms with Crippen molar-refractivity contribution in [2.75, 3.05) is 19.6 Å². The summed E-state index contributed by atoms with van der Waals surface area (Å²) in [7, 11) is -1.31. The molecule has 1 fully saturated rings. The highest BCUT2D eigenvalue weighted by atomic mass is 16.4. The predicted molar refractivity (Wildman–Crippen MR) is 91.6 cm³/mol. The third-order valence-corrected chi connectivity index (χ3v) is 4.85. The van der Waals surface area contributed by atoms with Crippen molar-refractivity contribution in [3.63, 3.8) is 0 Å². The SMILES string of the molecule is CCCC(C)/C(=C\N)CN1CC(CCCB(O)O)C(C(=O)O)C1. The lowest BCUT2D eigenvalue weighted by Crippen LogP contribution is -2.27. The molecule has 0 spiro atoms. The summed E-state index contributed by atoms with van der Waals surface area (Å²) < 4.78 is 0. The molecule has 0 radical (unpaired) electrons. The van der Waals surface area contributed by atoms with Crippen LogP contribution in [0.2, 0.25) is 6.32 Å². The number of nitrogens with two attached hydrogens (primary N) is 1. The summed E-state index contributed by atoms with van der Waals surface area (Å²) in [6.07, 6.45) is 5.48. The van der Waals surface area contributed by atoms with Gasteiger partial charge in [-0.25, -0.2) is 0 Å². The summed E-state index contributed by atoms with van der Waals surface area (Å²) in [6.45, 7) is 6.30. The monoisotopic (exact) mass is 326 g/mol. The molecule has 23 heavy (non-hydrogen) atoms. The topological polar surface area (TPSA) is 107 Å². The van der Waals surface area contributed by atoms with Gasteiger partial charge in [-0.2, -0.15) is 0 Å². The quantitative estimate of drug-likeness (QED) is 0.449. The van der Waals surface area contributed by atoms with Crippen LogP contribution in [0.3, 0.4) is 0 Å². The lowest BCUT2D eigenvalue weighted by atomic mass is 9.80. The highest BCUT2D eigenvalue weighted by Gasteiger charge is 2.37. The van der Waals surface area contributed by atoms with E-state index >= 15 is 0 Å². The van der Waals surface area contributed by atoms with Crippen LogP contribution in [0.25, 0.3) is 0 Å². The van der Waals surface area contributed by atoms with Crippen LogP contribution < -0.4 is 5.73 Å². The smallest absolute Gasteiger partial charge is 0.451 e. The summed E-state index contributed by atoms with van der Waals surface area (Å²) in [4.78, 5) is 13.7. The fourth-order valence-corrected chi connectivity index (χ4v) is 3.47. The number of hydrogen-bond acceptors (Lipinski definition) is 5. The number of hydrogen-bond donors (Lipinski definition) is 4. The summed E-state index contributed by atoms with van der Waals surface area (Å²) in [5.41, 5.74) is 6.93. The number of aliphatic carboxylic acids is 1. The van der Waals surface area contributed by atoms with Gasteiger partial charge in [-0.05, 0) is 42.8 Å². The maximum atomic E-state index is 11.5. The molecule has 1 aliphatic rings. The van der Waals surface area contributed by atoms with Gasteiger partial charge in [-0.3, -0.25) is 9.69 Å². The molecule has 0 amide bonds. The Morgan fingerprint density at radius 2 is 2.13 bits per heavy atom. The molecule has 7 heteroatoms. The summed E-state index contributed by atoms with van der Waals surface area (Å²) >= 11 is 0. The predicted octanol–water partition coefficient (Wildman–Crippen LogP) is 1.15. The van der Waals surface area contributed by atoms with Crippen LogP contribution in [0, 0.1) is 17.8 Å². The largest absolute Gasteiger partial charge is 0.481 e. The van der Waals surface area contributed by atoms with E-state index in [4.69, 9.17) is 15.8 Å². The van der Waals surface area contributed by atoms with Gasteiger partial charge in [0.2, 0.25) is 0 Å². The van der Waals surface area contributed by atoms with E-state index in [1.54, 1.807) is 6.20 Å². The van der Waals surface area contributed by atoms with Gasteiger partial charge in [0.15, 0.2) is 0 Å². The van der Waals surface area contributed by atoms with Crippen LogP contribution in [0.5, 0.6) is 0 Å². The minimum absolute atomic E-state index is 0.0618. The molecule has 3 atom stereocenters. The highest BCUT2D eigenvalue weighted by Crippen LogP contribution is 2.30. The Labute approximate surface area is 139 Å². The van der Waals surface area contributed by atoms with Crippen molar-refractivity contribution in [2.45, 2.75) is 45.9 Å². The standard InChI is InChI=1S/C16H31BN2O4/c1-3-5-12(2)14(8-18)10-19-9-13(6-4-7-17(22)23)15(11-19)16(20)21/h8,12-13,15,22-23H,3-7,9-11,18H2,1-2H3,(H,20,21)/b14-8-. The fraction of sp³-hybridized carbons (Fsp3) is 0.812. The minimum Gasteiger partial charge on any atom is -0.481 e. The Morgan fingerprint density at radius 3 is 2.65 bits per heavy atom. The second kappa shape index (κ2) is 9.95. The molecular formula is C16H31BN2O4. The van der Waals surface area contributed by atoms with Gasteiger partial charge in [0.25, 0.3) is 0 Å². The van der Waals surface area contributed by atoms with Crippen LogP contribution in [0.15, 0.2) is 11.8 Å². The van der Waals surface area contributed by atoms with Gasteiger partial charge in [0, 0.05) is 19.6 Å². The first-order valence-electron chi connectivity index (χ1n) is 8.60. The lowest BCUT2D eigenvalue weighted by Gasteiger charge is -2.22. The van der Waals surface area contributed by atoms with Gasteiger partial charge in [-0.1, -0.05) is 26.7 Å². The van der Waals surface area contributed by atoms with Crippen molar-refractivity contribution in [1.82, 2.24) is 4.90 Å². The first kappa shape index (κ1) is 20.0. The summed E-state index contributed by atoms with van der Waals surface area (Å²) in [5.74, 6) is -0.670. The maximum absolute atomic E-state index is 11.5. The second-order valence-electron chi connectivity index (χ2n) is 6.74. The Hall–Kier alpha value is -1.05. The number of likely N-dealkylation sites (tertiary alicyclic amines) is 1. The van der Waals surface area contributed by atoms with Gasteiger partial charge in [-0.15, -0.1) is 0 Å². The van der Waals surface area contributed by atoms with Crippen molar-refractivity contribution in [1.29, 1.82) is 0 Å². The van der Waals surface area contributed by atoms with E-state index in [0.717, 1.165) is 25.9 Å². The summed E-state index contributed by atoms with van der Waals surface area (Å²) in [5, 5.41) is 27.3. The molecule has 132 valence electrons. The number of rotatable bonds is 10. The summed E-state index contributed by atoms with van der Waals surface area (Å²) in [6, 6.07) is 0. The Bertz CT molecular complexity index is 404. The van der Waals surface area contributed by atoms with E-state index in [1.165, 1.54) is 5.57 Å². The average molecular weight is 326 g/mol. The molecule has 0 aromatic carbocycles. The number of nitrogens with zero attached hydrogens (tertiary/aromatic N) is 1. The van der Waals surface area contributed by atoms with Gasteiger partial charge in [0.1, 0.15) is 0 Å². The molecule has 0 aliphatic carbocycles. The number of carbonyl (C=O) groups is 1. The Kier molecular flexibility index (Phi) is 8.65. The molecule has 1 saturated heterocycles. The number of carboxylic acid groups (broad SMARTS) is 1. The lowest BCUT2D eigenvalue weighted by molar-refractivity contribution is -0.142. The van der Waals surface area contributed by atoms with E-state index in [1.807, 2.05) is 0 Å². The Balaban J connectivity index is 2.59. The first-order valence-corrected chi connectivity index (χ1v) is 8.60. The van der Waals surface area contributed by atoms with E-state index in [-0.39, 0.29) is 11.8 Å². The minimum atomic E-state index is -1.31.